The SMILES string of the molecule is NCCCCCCCCCCCCO[C@@H]1c2ccccc2N=Nc2ccccc2[C@H]1OCCCCCCCCCCCCN. The van der Waals surface area contributed by atoms with Gasteiger partial charge >= 0.3 is 0 Å². The number of rotatable bonds is 26. The molecule has 0 unspecified atom stereocenters. The molecule has 2 atom stereocenters. The van der Waals surface area contributed by atoms with E-state index < -0.39 is 0 Å². The van der Waals surface area contributed by atoms with Crippen molar-refractivity contribution in [2.45, 2.75) is 141 Å². The second-order valence-corrected chi connectivity index (χ2v) is 12.5. The highest BCUT2D eigenvalue weighted by atomic mass is 16.5. The monoisotopic (exact) mass is 606 g/mol. The van der Waals surface area contributed by atoms with Crippen molar-refractivity contribution in [3.8, 4) is 0 Å². The number of hydrogen-bond donors (Lipinski definition) is 2. The topological polar surface area (TPSA) is 95.2 Å². The molecule has 1 heterocycles. The van der Waals surface area contributed by atoms with Crippen LogP contribution in [0.3, 0.4) is 0 Å². The van der Waals surface area contributed by atoms with Crippen LogP contribution >= 0.6 is 0 Å². The minimum Gasteiger partial charge on any atom is -0.370 e. The number of hydrogen-bond acceptors (Lipinski definition) is 6. The van der Waals surface area contributed by atoms with Gasteiger partial charge in [-0.3, -0.25) is 0 Å². The lowest BCUT2D eigenvalue weighted by Gasteiger charge is -2.31. The first-order valence-electron chi connectivity index (χ1n) is 18.1. The Morgan fingerprint density at radius 1 is 0.409 bits per heavy atom. The van der Waals surface area contributed by atoms with Gasteiger partial charge < -0.3 is 20.9 Å². The number of unbranched alkanes of at least 4 members (excludes halogenated alkanes) is 18. The van der Waals surface area contributed by atoms with E-state index in [-0.39, 0.29) is 12.2 Å². The van der Waals surface area contributed by atoms with Gasteiger partial charge in [-0.2, -0.15) is 10.2 Å². The summed E-state index contributed by atoms with van der Waals surface area (Å²) >= 11 is 0. The van der Waals surface area contributed by atoms with Crippen LogP contribution in [0.15, 0.2) is 58.8 Å². The van der Waals surface area contributed by atoms with Crippen molar-refractivity contribution in [2.75, 3.05) is 26.3 Å². The maximum absolute atomic E-state index is 6.71. The van der Waals surface area contributed by atoms with E-state index in [0.717, 1.165) is 61.6 Å². The molecule has 0 saturated heterocycles. The average Bonchev–Trinajstić information content (AvgIpc) is 3.05. The minimum absolute atomic E-state index is 0.209. The van der Waals surface area contributed by atoms with Gasteiger partial charge in [0, 0.05) is 24.3 Å². The molecule has 0 aromatic heterocycles. The second kappa shape index (κ2) is 24.2. The van der Waals surface area contributed by atoms with Crippen LogP contribution in [-0.2, 0) is 9.47 Å². The van der Waals surface area contributed by atoms with Crippen LogP contribution in [0.4, 0.5) is 11.4 Å². The molecule has 6 nitrogen and oxygen atoms in total. The van der Waals surface area contributed by atoms with Gasteiger partial charge in [0.15, 0.2) is 0 Å². The molecular formula is C38H62N4O2. The summed E-state index contributed by atoms with van der Waals surface area (Å²) in [6, 6.07) is 16.5. The van der Waals surface area contributed by atoms with Gasteiger partial charge in [0.2, 0.25) is 0 Å². The third-order valence-corrected chi connectivity index (χ3v) is 8.82. The van der Waals surface area contributed by atoms with E-state index in [1.807, 2.05) is 24.3 Å². The lowest BCUT2D eigenvalue weighted by atomic mass is 9.94. The summed E-state index contributed by atoms with van der Waals surface area (Å²) in [5, 5.41) is 9.25. The summed E-state index contributed by atoms with van der Waals surface area (Å²) in [6.07, 6.45) is 25.0. The smallest absolute Gasteiger partial charge is 0.115 e. The molecule has 2 aromatic carbocycles. The van der Waals surface area contributed by atoms with Gasteiger partial charge in [0.1, 0.15) is 12.2 Å². The number of azo groups is 1. The van der Waals surface area contributed by atoms with Crippen molar-refractivity contribution < 1.29 is 9.47 Å². The van der Waals surface area contributed by atoms with Crippen molar-refractivity contribution in [3.05, 3.63) is 59.7 Å². The Labute approximate surface area is 268 Å². The largest absolute Gasteiger partial charge is 0.370 e. The lowest BCUT2D eigenvalue weighted by Crippen LogP contribution is -2.20. The van der Waals surface area contributed by atoms with Gasteiger partial charge in [-0.15, -0.1) is 0 Å². The zero-order valence-corrected chi connectivity index (χ0v) is 27.6. The van der Waals surface area contributed by atoms with Crippen LogP contribution < -0.4 is 11.5 Å². The number of benzene rings is 2. The Balaban J connectivity index is 1.47. The Bertz CT molecular complexity index is 934. The van der Waals surface area contributed by atoms with Crippen LogP contribution in [-0.4, -0.2) is 26.3 Å². The van der Waals surface area contributed by atoms with Crippen LogP contribution in [0.5, 0.6) is 0 Å². The molecule has 246 valence electrons. The molecular weight excluding hydrogens is 544 g/mol. The van der Waals surface area contributed by atoms with E-state index in [9.17, 15) is 0 Å². The lowest BCUT2D eigenvalue weighted by molar-refractivity contribution is -0.0796. The molecule has 0 amide bonds. The fourth-order valence-corrected chi connectivity index (χ4v) is 6.17. The van der Waals surface area contributed by atoms with Gasteiger partial charge in [0.05, 0.1) is 11.4 Å². The summed E-state index contributed by atoms with van der Waals surface area (Å²) in [4.78, 5) is 0. The van der Waals surface area contributed by atoms with E-state index in [0.29, 0.717) is 0 Å². The normalized spacial score (nSPS) is 16.0. The molecule has 3 rings (SSSR count). The van der Waals surface area contributed by atoms with Gasteiger partial charge in [-0.05, 0) is 50.9 Å². The van der Waals surface area contributed by atoms with Gasteiger partial charge in [0.25, 0.3) is 0 Å². The van der Waals surface area contributed by atoms with Gasteiger partial charge in [-0.1, -0.05) is 139 Å². The first-order valence-corrected chi connectivity index (χ1v) is 18.1. The second-order valence-electron chi connectivity index (χ2n) is 12.5. The zero-order chi connectivity index (χ0) is 30.9. The quantitative estimate of drug-likeness (QED) is 0.104. The highest BCUT2D eigenvalue weighted by molar-refractivity contribution is 5.54. The maximum Gasteiger partial charge on any atom is 0.115 e. The first kappa shape index (κ1) is 36.3. The first-order chi connectivity index (χ1) is 21.8. The maximum atomic E-state index is 6.71. The van der Waals surface area contributed by atoms with E-state index in [2.05, 4.69) is 34.5 Å². The molecule has 1 aliphatic rings. The highest BCUT2D eigenvalue weighted by Gasteiger charge is 2.31. The van der Waals surface area contributed by atoms with E-state index >= 15 is 0 Å². The number of nitrogens with zero attached hydrogens (tertiary/aromatic N) is 2. The summed E-state index contributed by atoms with van der Waals surface area (Å²) in [5.41, 5.74) is 15.1. The minimum atomic E-state index is -0.209. The Morgan fingerprint density at radius 2 is 0.705 bits per heavy atom. The summed E-state index contributed by atoms with van der Waals surface area (Å²) in [5.74, 6) is 0. The Hall–Kier alpha value is -2.12. The molecule has 1 aliphatic heterocycles. The van der Waals surface area contributed by atoms with Crippen molar-refractivity contribution in [1.29, 1.82) is 0 Å². The third kappa shape index (κ3) is 14.3. The Kier molecular flexibility index (Phi) is 20.0. The van der Waals surface area contributed by atoms with E-state index in [1.54, 1.807) is 0 Å². The number of fused-ring (bicyclic) bond motifs is 2. The number of nitrogens with two attached hydrogens (primary N) is 2. The van der Waals surface area contributed by atoms with Crippen molar-refractivity contribution in [3.63, 3.8) is 0 Å². The molecule has 0 bridgehead atoms. The molecule has 0 spiro atoms. The summed E-state index contributed by atoms with van der Waals surface area (Å²) in [7, 11) is 0. The fourth-order valence-electron chi connectivity index (χ4n) is 6.17. The standard InChI is InChI=1S/C38H62N4O2/c39-29-21-13-9-5-1-3-7-11-15-23-31-43-37-33-25-17-19-27-35(33)41-42-36-28-20-18-26-34(36)38(37)44-32-24-16-12-8-4-2-6-10-14-22-30-40/h17-20,25-28,37-38H,1-16,21-24,29-32,39-40H2/t37-,38-/m1/s1. The van der Waals surface area contributed by atoms with Crippen LogP contribution in [0.1, 0.15) is 152 Å². The van der Waals surface area contributed by atoms with E-state index in [4.69, 9.17) is 20.9 Å². The number of ether oxygens (including phenoxy) is 2. The molecule has 4 N–H and O–H groups in total. The third-order valence-electron chi connectivity index (χ3n) is 8.82. The van der Waals surface area contributed by atoms with Crippen molar-refractivity contribution in [1.82, 2.24) is 0 Å². The molecule has 0 saturated carbocycles. The average molecular weight is 607 g/mol. The molecule has 0 fully saturated rings. The predicted molar refractivity (Wildman–Crippen MR) is 185 cm³/mol. The van der Waals surface area contributed by atoms with Crippen molar-refractivity contribution in [2.24, 2.45) is 21.7 Å². The molecule has 6 heteroatoms. The Morgan fingerprint density at radius 3 is 1.05 bits per heavy atom. The predicted octanol–water partition coefficient (Wildman–Crippen LogP) is 11.0. The molecule has 2 aromatic rings. The van der Waals surface area contributed by atoms with Gasteiger partial charge in [-0.25, -0.2) is 0 Å². The van der Waals surface area contributed by atoms with Crippen LogP contribution in [0.2, 0.25) is 0 Å². The molecule has 44 heavy (non-hydrogen) atoms. The summed E-state index contributed by atoms with van der Waals surface area (Å²) in [6.45, 7) is 3.11. The summed E-state index contributed by atoms with van der Waals surface area (Å²) < 4.78 is 13.4. The van der Waals surface area contributed by atoms with Crippen LogP contribution in [0.25, 0.3) is 0 Å². The van der Waals surface area contributed by atoms with Crippen molar-refractivity contribution >= 4 is 11.4 Å². The molecule has 0 aliphatic carbocycles. The highest BCUT2D eigenvalue weighted by Crippen LogP contribution is 2.45. The molecule has 0 radical (unpaired) electrons. The fraction of sp³-hybridized carbons (Fsp3) is 0.684. The zero-order valence-electron chi connectivity index (χ0n) is 27.6. The van der Waals surface area contributed by atoms with Crippen LogP contribution in [0, 0.1) is 0 Å². The van der Waals surface area contributed by atoms with E-state index in [1.165, 1.54) is 116 Å².